The normalized spacial score (nSPS) is 13.5. The van der Waals surface area contributed by atoms with E-state index in [9.17, 15) is 14.7 Å². The third-order valence-corrected chi connectivity index (χ3v) is 4.57. The summed E-state index contributed by atoms with van der Waals surface area (Å²) in [6.45, 7) is 7.30. The van der Waals surface area contributed by atoms with Crippen molar-refractivity contribution < 1.29 is 14.7 Å². The highest BCUT2D eigenvalue weighted by Gasteiger charge is 2.27. The number of halogens is 1. The van der Waals surface area contributed by atoms with Gasteiger partial charge in [-0.05, 0) is 59.6 Å². The van der Waals surface area contributed by atoms with E-state index in [2.05, 4.69) is 29.2 Å². The molecule has 0 saturated carbocycles. The lowest BCUT2D eigenvalue weighted by molar-refractivity contribution is -0.117. The maximum atomic E-state index is 12.8. The zero-order valence-corrected chi connectivity index (χ0v) is 15.1. The SMILES string of the molecule is C=C(C(=O)c1c(I)cccc1CC)C(CCC(C)=O)C(N)O. The van der Waals surface area contributed by atoms with Gasteiger partial charge in [0.1, 0.15) is 12.0 Å². The minimum atomic E-state index is -1.21. The van der Waals surface area contributed by atoms with Crippen LogP contribution in [0.3, 0.4) is 0 Å². The number of aryl methyl sites for hydroxylation is 1. The highest BCUT2D eigenvalue weighted by Crippen LogP contribution is 2.26. The molecule has 1 rings (SSSR count). The second-order valence-electron chi connectivity index (χ2n) is 5.32. The molecule has 0 radical (unpaired) electrons. The fourth-order valence-electron chi connectivity index (χ4n) is 2.36. The minimum absolute atomic E-state index is 0.00515. The molecule has 0 aliphatic heterocycles. The maximum Gasteiger partial charge on any atom is 0.190 e. The van der Waals surface area contributed by atoms with Crippen molar-refractivity contribution in [1.29, 1.82) is 0 Å². The first-order valence-corrected chi connectivity index (χ1v) is 8.31. The average molecular weight is 415 g/mol. The molecule has 0 heterocycles. The largest absolute Gasteiger partial charge is 0.378 e. The van der Waals surface area contributed by atoms with Gasteiger partial charge in [0, 0.05) is 21.5 Å². The average Bonchev–Trinajstić information content (AvgIpc) is 2.45. The van der Waals surface area contributed by atoms with Gasteiger partial charge in [-0.15, -0.1) is 0 Å². The van der Waals surface area contributed by atoms with Crippen molar-refractivity contribution in [3.8, 4) is 0 Å². The van der Waals surface area contributed by atoms with Crippen LogP contribution in [-0.4, -0.2) is 22.9 Å². The van der Waals surface area contributed by atoms with E-state index in [1.165, 1.54) is 6.92 Å². The van der Waals surface area contributed by atoms with Crippen LogP contribution in [0.1, 0.15) is 42.6 Å². The van der Waals surface area contributed by atoms with E-state index < -0.39 is 12.1 Å². The Hall–Kier alpha value is -1.05. The number of ketones is 2. The molecule has 0 aromatic heterocycles. The number of aliphatic hydroxyl groups excluding tert-OH is 1. The fourth-order valence-corrected chi connectivity index (χ4v) is 3.16. The predicted molar refractivity (Wildman–Crippen MR) is 95.6 cm³/mol. The van der Waals surface area contributed by atoms with Crippen LogP contribution in [0.4, 0.5) is 0 Å². The molecule has 0 spiro atoms. The van der Waals surface area contributed by atoms with E-state index >= 15 is 0 Å². The van der Waals surface area contributed by atoms with Crippen molar-refractivity contribution in [3.05, 3.63) is 45.0 Å². The molecule has 0 aliphatic carbocycles. The molecule has 3 N–H and O–H groups in total. The van der Waals surface area contributed by atoms with E-state index in [1.54, 1.807) is 0 Å². The summed E-state index contributed by atoms with van der Waals surface area (Å²) in [5, 5.41) is 9.74. The van der Waals surface area contributed by atoms with Crippen molar-refractivity contribution in [2.75, 3.05) is 0 Å². The lowest BCUT2D eigenvalue weighted by Gasteiger charge is -2.22. The Morgan fingerprint density at radius 3 is 2.55 bits per heavy atom. The van der Waals surface area contributed by atoms with Crippen molar-refractivity contribution in [2.45, 2.75) is 39.3 Å². The molecule has 2 atom stereocenters. The molecule has 120 valence electrons. The monoisotopic (exact) mass is 415 g/mol. The van der Waals surface area contributed by atoms with Crippen molar-refractivity contribution in [1.82, 2.24) is 0 Å². The Labute approximate surface area is 144 Å². The second kappa shape index (κ2) is 8.55. The summed E-state index contributed by atoms with van der Waals surface area (Å²) in [5.74, 6) is -0.827. The van der Waals surface area contributed by atoms with Gasteiger partial charge < -0.3 is 15.6 Å². The molecule has 0 bridgehead atoms. The number of Topliss-reactive ketones (excluding diaryl/α,β-unsaturated/α-hetero) is 2. The van der Waals surface area contributed by atoms with Gasteiger partial charge in [0.15, 0.2) is 5.78 Å². The maximum absolute atomic E-state index is 12.8. The highest BCUT2D eigenvalue weighted by atomic mass is 127. The first-order chi connectivity index (χ1) is 10.3. The number of benzene rings is 1. The third-order valence-electron chi connectivity index (χ3n) is 3.67. The van der Waals surface area contributed by atoms with Gasteiger partial charge in [-0.1, -0.05) is 25.6 Å². The molecular formula is C17H22INO3. The first kappa shape index (κ1) is 19.0. The summed E-state index contributed by atoms with van der Waals surface area (Å²) >= 11 is 2.12. The fraction of sp³-hybridized carbons (Fsp3) is 0.412. The van der Waals surface area contributed by atoms with Crippen LogP contribution in [0.25, 0.3) is 0 Å². The van der Waals surface area contributed by atoms with Crippen molar-refractivity contribution >= 4 is 34.2 Å². The summed E-state index contributed by atoms with van der Waals surface area (Å²) in [4.78, 5) is 23.9. The van der Waals surface area contributed by atoms with E-state index in [0.717, 1.165) is 15.6 Å². The summed E-state index contributed by atoms with van der Waals surface area (Å²) in [6, 6.07) is 5.68. The summed E-state index contributed by atoms with van der Waals surface area (Å²) in [7, 11) is 0. The van der Waals surface area contributed by atoms with E-state index in [0.29, 0.717) is 12.0 Å². The third kappa shape index (κ3) is 4.72. The quantitative estimate of drug-likeness (QED) is 0.296. The lowest BCUT2D eigenvalue weighted by Crippen LogP contribution is -2.33. The molecule has 22 heavy (non-hydrogen) atoms. The molecule has 5 heteroatoms. The molecular weight excluding hydrogens is 393 g/mol. The van der Waals surface area contributed by atoms with Crippen LogP contribution in [0.5, 0.6) is 0 Å². The van der Waals surface area contributed by atoms with Gasteiger partial charge in [0.25, 0.3) is 0 Å². The molecule has 0 saturated heterocycles. The lowest BCUT2D eigenvalue weighted by atomic mass is 9.86. The Morgan fingerprint density at radius 2 is 2.05 bits per heavy atom. The molecule has 0 fully saturated rings. The molecule has 2 unspecified atom stereocenters. The van der Waals surface area contributed by atoms with Crippen LogP contribution < -0.4 is 5.73 Å². The summed E-state index contributed by atoms with van der Waals surface area (Å²) < 4.78 is 0.847. The van der Waals surface area contributed by atoms with E-state index in [4.69, 9.17) is 5.73 Å². The standard InChI is InChI=1S/C17H22INO3/c1-4-12-6-5-7-14(18)15(12)16(21)11(3)13(17(19)22)9-8-10(2)20/h5-7,13,17,22H,3-4,8-9,19H2,1-2H3. The zero-order valence-electron chi connectivity index (χ0n) is 12.9. The van der Waals surface area contributed by atoms with Crippen LogP contribution in [0.15, 0.2) is 30.4 Å². The molecule has 1 aromatic carbocycles. The zero-order chi connectivity index (χ0) is 16.9. The van der Waals surface area contributed by atoms with Gasteiger partial charge in [-0.3, -0.25) is 4.79 Å². The summed E-state index contributed by atoms with van der Waals surface area (Å²) in [6.07, 6.45) is 0.108. The molecule has 1 aromatic rings. The Morgan fingerprint density at radius 1 is 1.41 bits per heavy atom. The number of rotatable bonds is 8. The van der Waals surface area contributed by atoms with Crippen LogP contribution >= 0.6 is 22.6 Å². The number of carbonyl (C=O) groups is 2. The number of hydrogen-bond donors (Lipinski definition) is 2. The van der Waals surface area contributed by atoms with Crippen molar-refractivity contribution in [2.24, 2.45) is 11.7 Å². The van der Waals surface area contributed by atoms with Gasteiger partial charge in [-0.25, -0.2) is 0 Å². The minimum Gasteiger partial charge on any atom is -0.378 e. The number of nitrogens with two attached hydrogens (primary N) is 1. The van der Waals surface area contributed by atoms with Crippen LogP contribution in [-0.2, 0) is 11.2 Å². The van der Waals surface area contributed by atoms with E-state index in [-0.39, 0.29) is 23.6 Å². The highest BCUT2D eigenvalue weighted by molar-refractivity contribution is 14.1. The number of aliphatic hydroxyl groups is 1. The van der Waals surface area contributed by atoms with Crippen LogP contribution in [0.2, 0.25) is 0 Å². The van der Waals surface area contributed by atoms with Gasteiger partial charge in [-0.2, -0.15) is 0 Å². The Balaban J connectivity index is 3.09. The predicted octanol–water partition coefficient (Wildman–Crippen LogP) is 2.85. The number of hydrogen-bond acceptors (Lipinski definition) is 4. The first-order valence-electron chi connectivity index (χ1n) is 7.23. The van der Waals surface area contributed by atoms with Gasteiger partial charge >= 0.3 is 0 Å². The molecule has 0 aliphatic rings. The molecule has 0 amide bonds. The summed E-state index contributed by atoms with van der Waals surface area (Å²) in [5.41, 5.74) is 7.39. The topological polar surface area (TPSA) is 80.4 Å². The second-order valence-corrected chi connectivity index (χ2v) is 6.48. The van der Waals surface area contributed by atoms with Gasteiger partial charge in [0.05, 0.1) is 0 Å². The van der Waals surface area contributed by atoms with Gasteiger partial charge in [0.2, 0.25) is 0 Å². The van der Waals surface area contributed by atoms with E-state index in [1.807, 2.05) is 25.1 Å². The number of carbonyl (C=O) groups excluding carboxylic acids is 2. The smallest absolute Gasteiger partial charge is 0.190 e. The van der Waals surface area contributed by atoms with Crippen LogP contribution in [0, 0.1) is 9.49 Å². The Kier molecular flexibility index (Phi) is 7.38. The molecule has 4 nitrogen and oxygen atoms in total. The Bertz CT molecular complexity index is 581. The van der Waals surface area contributed by atoms with Crippen molar-refractivity contribution in [3.63, 3.8) is 0 Å².